The summed E-state index contributed by atoms with van der Waals surface area (Å²) in [5.41, 5.74) is 4.00. The molecule has 0 bridgehead atoms. The van der Waals surface area contributed by atoms with Gasteiger partial charge < -0.3 is 9.47 Å². The minimum atomic E-state index is -0.112. The van der Waals surface area contributed by atoms with Crippen molar-refractivity contribution < 1.29 is 23.9 Å². The van der Waals surface area contributed by atoms with Gasteiger partial charge in [0.1, 0.15) is 11.5 Å². The SMILES string of the molecule is CCOc1ccc(C(=O)Cc2ccc(C(=O)c3ccc(CC(=O)c4ccc(OCC)cc4)cc3)cc2)cc1. The summed E-state index contributed by atoms with van der Waals surface area (Å²) in [4.78, 5) is 38.2. The van der Waals surface area contributed by atoms with Crippen molar-refractivity contribution in [3.05, 3.63) is 130 Å². The van der Waals surface area contributed by atoms with Gasteiger partial charge in [-0.2, -0.15) is 0 Å². The summed E-state index contributed by atoms with van der Waals surface area (Å²) in [6.45, 7) is 4.98. The average Bonchev–Trinajstić information content (AvgIpc) is 2.94. The monoisotopic (exact) mass is 506 g/mol. The van der Waals surface area contributed by atoms with Gasteiger partial charge in [-0.3, -0.25) is 14.4 Å². The first kappa shape index (κ1) is 26.6. The molecule has 0 unspecified atom stereocenters. The first-order chi connectivity index (χ1) is 18.5. The molecule has 0 aliphatic rings. The fraction of sp³-hybridized carbons (Fsp3) is 0.182. The lowest BCUT2D eigenvalue weighted by Gasteiger charge is -2.07. The summed E-state index contributed by atoms with van der Waals surface area (Å²) in [5, 5.41) is 0. The van der Waals surface area contributed by atoms with Gasteiger partial charge in [0.05, 0.1) is 13.2 Å². The predicted molar refractivity (Wildman–Crippen MR) is 148 cm³/mol. The molecule has 192 valence electrons. The third-order valence-corrected chi connectivity index (χ3v) is 6.14. The Bertz CT molecular complexity index is 1280. The van der Waals surface area contributed by atoms with Crippen molar-refractivity contribution in [2.24, 2.45) is 0 Å². The van der Waals surface area contributed by atoms with Gasteiger partial charge in [-0.1, -0.05) is 48.5 Å². The number of ketones is 3. The average molecular weight is 507 g/mol. The van der Waals surface area contributed by atoms with Crippen molar-refractivity contribution in [2.75, 3.05) is 13.2 Å². The summed E-state index contributed by atoms with van der Waals surface area (Å²) < 4.78 is 10.8. The van der Waals surface area contributed by atoms with Crippen molar-refractivity contribution in [1.82, 2.24) is 0 Å². The first-order valence-electron chi connectivity index (χ1n) is 12.7. The maximum Gasteiger partial charge on any atom is 0.193 e. The number of carbonyl (C=O) groups is 3. The highest BCUT2D eigenvalue weighted by atomic mass is 16.5. The van der Waals surface area contributed by atoms with E-state index in [1.165, 1.54) is 0 Å². The normalized spacial score (nSPS) is 10.6. The van der Waals surface area contributed by atoms with E-state index in [0.29, 0.717) is 35.5 Å². The van der Waals surface area contributed by atoms with Gasteiger partial charge in [-0.25, -0.2) is 0 Å². The number of hydrogen-bond donors (Lipinski definition) is 0. The maximum absolute atomic E-state index is 13.0. The van der Waals surface area contributed by atoms with E-state index in [1.807, 2.05) is 38.1 Å². The molecule has 5 nitrogen and oxygen atoms in total. The molecular formula is C33H30O5. The van der Waals surface area contributed by atoms with Gasteiger partial charge in [-0.15, -0.1) is 0 Å². The Morgan fingerprint density at radius 3 is 1.11 bits per heavy atom. The zero-order valence-electron chi connectivity index (χ0n) is 21.6. The Kier molecular flexibility index (Phi) is 8.83. The summed E-state index contributed by atoms with van der Waals surface area (Å²) >= 11 is 0. The Balaban J connectivity index is 1.34. The Hall–Kier alpha value is -4.51. The molecular weight excluding hydrogens is 476 g/mol. The zero-order chi connectivity index (χ0) is 26.9. The van der Waals surface area contributed by atoms with E-state index in [1.54, 1.807) is 72.8 Å². The Morgan fingerprint density at radius 2 is 0.789 bits per heavy atom. The van der Waals surface area contributed by atoms with Gasteiger partial charge >= 0.3 is 0 Å². The third kappa shape index (κ3) is 6.83. The van der Waals surface area contributed by atoms with Crippen LogP contribution in [-0.4, -0.2) is 30.6 Å². The van der Waals surface area contributed by atoms with E-state index in [2.05, 4.69) is 0 Å². The molecule has 4 rings (SSSR count). The summed E-state index contributed by atoms with van der Waals surface area (Å²) in [6.07, 6.45) is 0.499. The van der Waals surface area contributed by atoms with E-state index in [-0.39, 0.29) is 30.2 Å². The van der Waals surface area contributed by atoms with Crippen molar-refractivity contribution >= 4 is 17.3 Å². The zero-order valence-corrected chi connectivity index (χ0v) is 21.6. The van der Waals surface area contributed by atoms with E-state index < -0.39 is 0 Å². The number of benzene rings is 4. The minimum absolute atomic E-state index is 0.00231. The van der Waals surface area contributed by atoms with E-state index in [9.17, 15) is 14.4 Å². The molecule has 0 atom stereocenters. The smallest absolute Gasteiger partial charge is 0.193 e. The summed E-state index contributed by atoms with van der Waals surface area (Å²) in [7, 11) is 0. The van der Waals surface area contributed by atoms with Crippen LogP contribution in [-0.2, 0) is 12.8 Å². The van der Waals surface area contributed by atoms with Crippen LogP contribution >= 0.6 is 0 Å². The molecule has 4 aromatic carbocycles. The second-order valence-electron chi connectivity index (χ2n) is 8.84. The molecule has 0 fully saturated rings. The maximum atomic E-state index is 13.0. The standard InChI is InChI=1S/C33H30O5/c1-3-37-29-17-13-25(14-18-29)31(34)21-23-5-9-27(10-6-23)33(36)28-11-7-24(8-12-28)22-32(35)26-15-19-30(20-16-26)38-4-2/h5-20H,3-4,21-22H2,1-2H3. The lowest BCUT2D eigenvalue weighted by atomic mass is 9.97. The van der Waals surface area contributed by atoms with Gasteiger partial charge in [0.15, 0.2) is 17.3 Å². The van der Waals surface area contributed by atoms with Gasteiger partial charge in [0.25, 0.3) is 0 Å². The Labute approximate surface area is 223 Å². The Morgan fingerprint density at radius 1 is 0.474 bits per heavy atom. The van der Waals surface area contributed by atoms with Crippen LogP contribution in [0.5, 0.6) is 11.5 Å². The molecule has 38 heavy (non-hydrogen) atoms. The largest absolute Gasteiger partial charge is 0.494 e. The summed E-state index contributed by atoms with van der Waals surface area (Å²) in [6, 6.07) is 28.4. The molecule has 0 amide bonds. The molecule has 0 aromatic heterocycles. The molecule has 0 aliphatic carbocycles. The molecule has 0 N–H and O–H groups in total. The van der Waals surface area contributed by atoms with Crippen LogP contribution in [0.25, 0.3) is 0 Å². The van der Waals surface area contributed by atoms with E-state index in [0.717, 1.165) is 22.6 Å². The van der Waals surface area contributed by atoms with Crippen LogP contribution in [0.2, 0.25) is 0 Å². The molecule has 4 aromatic rings. The van der Waals surface area contributed by atoms with Gasteiger partial charge in [-0.05, 0) is 73.5 Å². The topological polar surface area (TPSA) is 69.7 Å². The number of Topliss-reactive ketones (excluding diaryl/α,β-unsaturated/α-hetero) is 2. The molecule has 0 saturated carbocycles. The van der Waals surface area contributed by atoms with Crippen molar-refractivity contribution in [2.45, 2.75) is 26.7 Å². The van der Waals surface area contributed by atoms with Gasteiger partial charge in [0.2, 0.25) is 0 Å². The summed E-state index contributed by atoms with van der Waals surface area (Å²) in [5.74, 6) is 1.36. The number of rotatable bonds is 12. The molecule has 0 radical (unpaired) electrons. The van der Waals surface area contributed by atoms with E-state index >= 15 is 0 Å². The molecule has 5 heteroatoms. The lowest BCUT2D eigenvalue weighted by Crippen LogP contribution is -2.06. The minimum Gasteiger partial charge on any atom is -0.494 e. The molecule has 0 spiro atoms. The van der Waals surface area contributed by atoms with Crippen LogP contribution in [0, 0.1) is 0 Å². The highest BCUT2D eigenvalue weighted by molar-refractivity contribution is 6.09. The van der Waals surface area contributed by atoms with Crippen molar-refractivity contribution in [3.63, 3.8) is 0 Å². The van der Waals surface area contributed by atoms with Crippen molar-refractivity contribution in [3.8, 4) is 11.5 Å². The first-order valence-corrected chi connectivity index (χ1v) is 12.7. The quantitative estimate of drug-likeness (QED) is 0.203. The molecule has 0 saturated heterocycles. The fourth-order valence-corrected chi connectivity index (χ4v) is 4.10. The number of hydrogen-bond acceptors (Lipinski definition) is 5. The lowest BCUT2D eigenvalue weighted by molar-refractivity contribution is 0.0984. The molecule has 0 aliphatic heterocycles. The third-order valence-electron chi connectivity index (χ3n) is 6.14. The van der Waals surface area contributed by atoms with Crippen LogP contribution in [0.1, 0.15) is 61.6 Å². The molecule has 0 heterocycles. The van der Waals surface area contributed by atoms with E-state index in [4.69, 9.17) is 9.47 Å². The predicted octanol–water partition coefficient (Wildman–Crippen LogP) is 6.57. The van der Waals surface area contributed by atoms with Crippen LogP contribution in [0.15, 0.2) is 97.1 Å². The number of ether oxygens (including phenoxy) is 2. The van der Waals surface area contributed by atoms with Crippen LogP contribution < -0.4 is 9.47 Å². The van der Waals surface area contributed by atoms with Gasteiger partial charge in [0, 0.05) is 35.1 Å². The van der Waals surface area contributed by atoms with Crippen LogP contribution in [0.3, 0.4) is 0 Å². The van der Waals surface area contributed by atoms with Crippen molar-refractivity contribution in [1.29, 1.82) is 0 Å². The second-order valence-corrected chi connectivity index (χ2v) is 8.84. The fourth-order valence-electron chi connectivity index (χ4n) is 4.10. The number of carbonyl (C=O) groups excluding carboxylic acids is 3. The van der Waals surface area contributed by atoms with Crippen LogP contribution in [0.4, 0.5) is 0 Å². The highest BCUT2D eigenvalue weighted by Crippen LogP contribution is 2.18. The highest BCUT2D eigenvalue weighted by Gasteiger charge is 2.13. The second kappa shape index (κ2) is 12.6.